The largest absolute Gasteiger partial charge is 0.462 e. The first-order chi connectivity index (χ1) is 28.5. The van der Waals surface area contributed by atoms with Crippen LogP contribution in [-0.4, -0.2) is 37.2 Å². The maximum absolute atomic E-state index is 12.7. The van der Waals surface area contributed by atoms with Gasteiger partial charge < -0.3 is 14.2 Å². The first kappa shape index (κ1) is 55.4. The molecule has 6 nitrogen and oxygen atoms in total. The summed E-state index contributed by atoms with van der Waals surface area (Å²) in [7, 11) is 0. The lowest BCUT2D eigenvalue weighted by atomic mass is 10.0. The third kappa shape index (κ3) is 44.5. The zero-order chi connectivity index (χ0) is 42.3. The zero-order valence-corrected chi connectivity index (χ0v) is 38.3. The molecule has 0 fully saturated rings. The fraction of sp³-hybridized carbons (Fsp3) is 0.788. The molecule has 0 amide bonds. The Morgan fingerprint density at radius 1 is 0.345 bits per heavy atom. The topological polar surface area (TPSA) is 78.9 Å². The molecule has 6 heteroatoms. The molecule has 0 aliphatic heterocycles. The van der Waals surface area contributed by atoms with Crippen LogP contribution in [0.1, 0.15) is 245 Å². The number of esters is 3. The Bertz CT molecular complexity index is 1030. The minimum Gasteiger partial charge on any atom is -0.462 e. The van der Waals surface area contributed by atoms with Crippen LogP contribution >= 0.6 is 0 Å². The van der Waals surface area contributed by atoms with Crippen molar-refractivity contribution >= 4 is 17.9 Å². The SMILES string of the molecule is CCCCC\C=C/C=C\C=C/C=C\CCCCCCCC(=O)OCC(COC(=O)CCCCCCCCCCCC)OC(=O)CCCCCCCCCCCCCC. The molecule has 0 aromatic heterocycles. The van der Waals surface area contributed by atoms with Gasteiger partial charge in [0.25, 0.3) is 0 Å². The molecule has 1 unspecified atom stereocenters. The van der Waals surface area contributed by atoms with Crippen molar-refractivity contribution in [2.24, 2.45) is 0 Å². The van der Waals surface area contributed by atoms with Crippen LogP contribution in [-0.2, 0) is 28.6 Å². The van der Waals surface area contributed by atoms with Crippen LogP contribution in [0.3, 0.4) is 0 Å². The van der Waals surface area contributed by atoms with E-state index in [9.17, 15) is 14.4 Å². The molecule has 0 spiro atoms. The number of carbonyl (C=O) groups excluding carboxylic acids is 3. The molecule has 0 aliphatic rings. The van der Waals surface area contributed by atoms with Crippen LogP contribution in [0.5, 0.6) is 0 Å². The number of hydrogen-bond donors (Lipinski definition) is 0. The molecule has 0 aromatic carbocycles. The van der Waals surface area contributed by atoms with Crippen LogP contribution in [0, 0.1) is 0 Å². The highest BCUT2D eigenvalue weighted by atomic mass is 16.6. The zero-order valence-electron chi connectivity index (χ0n) is 38.3. The van der Waals surface area contributed by atoms with Crippen molar-refractivity contribution in [1.82, 2.24) is 0 Å². The lowest BCUT2D eigenvalue weighted by Crippen LogP contribution is -2.30. The molecule has 0 N–H and O–H groups in total. The van der Waals surface area contributed by atoms with E-state index in [1.165, 1.54) is 122 Å². The highest BCUT2D eigenvalue weighted by Crippen LogP contribution is 2.15. The van der Waals surface area contributed by atoms with E-state index >= 15 is 0 Å². The molecule has 0 aromatic rings. The Labute approximate surface area is 358 Å². The van der Waals surface area contributed by atoms with E-state index in [0.29, 0.717) is 19.3 Å². The van der Waals surface area contributed by atoms with E-state index in [1.807, 2.05) is 0 Å². The minimum absolute atomic E-state index is 0.0778. The van der Waals surface area contributed by atoms with Crippen molar-refractivity contribution < 1.29 is 28.6 Å². The first-order valence-corrected chi connectivity index (χ1v) is 24.7. The van der Waals surface area contributed by atoms with E-state index in [1.54, 1.807) is 0 Å². The average Bonchev–Trinajstić information content (AvgIpc) is 3.22. The van der Waals surface area contributed by atoms with E-state index in [0.717, 1.165) is 83.5 Å². The van der Waals surface area contributed by atoms with Crippen molar-refractivity contribution in [2.45, 2.75) is 252 Å². The summed E-state index contributed by atoms with van der Waals surface area (Å²) in [5.41, 5.74) is 0. The van der Waals surface area contributed by atoms with Crippen molar-refractivity contribution in [2.75, 3.05) is 13.2 Å². The normalized spacial score (nSPS) is 12.4. The molecule has 0 saturated carbocycles. The number of rotatable bonds is 44. The van der Waals surface area contributed by atoms with Crippen molar-refractivity contribution in [3.05, 3.63) is 48.6 Å². The highest BCUT2D eigenvalue weighted by molar-refractivity contribution is 5.71. The van der Waals surface area contributed by atoms with E-state index in [-0.39, 0.29) is 31.1 Å². The van der Waals surface area contributed by atoms with Crippen molar-refractivity contribution in [3.8, 4) is 0 Å². The summed E-state index contributed by atoms with van der Waals surface area (Å²) < 4.78 is 16.7. The van der Waals surface area contributed by atoms with Gasteiger partial charge in [-0.25, -0.2) is 0 Å². The van der Waals surface area contributed by atoms with Gasteiger partial charge >= 0.3 is 17.9 Å². The molecule has 1 atom stereocenters. The molecule has 0 rings (SSSR count). The van der Waals surface area contributed by atoms with E-state index < -0.39 is 6.10 Å². The van der Waals surface area contributed by atoms with E-state index in [4.69, 9.17) is 14.2 Å². The molecular formula is C52H92O6. The Hall–Kier alpha value is -2.63. The standard InChI is InChI=1S/C52H92O6/c1-4-7-10-13-16-19-22-24-25-26-27-28-29-31-33-36-39-42-45-51(54)57-48-49(47-56-50(53)44-41-38-35-32-21-18-15-12-9-6-3)58-52(55)46-43-40-37-34-30-23-20-17-14-11-8-5-2/h16,19,22,24-28,49H,4-15,17-18,20-21,23,29-48H2,1-3H3/b19-16-,24-22-,26-25-,28-27-. The molecule has 0 bridgehead atoms. The average molecular weight is 813 g/mol. The summed E-state index contributed by atoms with van der Waals surface area (Å²) in [5.74, 6) is -0.898. The lowest BCUT2D eigenvalue weighted by molar-refractivity contribution is -0.167. The summed E-state index contributed by atoms with van der Waals surface area (Å²) in [6.07, 6.45) is 55.1. The Kier molecular flexibility index (Phi) is 44.9. The van der Waals surface area contributed by atoms with Gasteiger partial charge in [-0.3, -0.25) is 14.4 Å². The maximum atomic E-state index is 12.7. The third-order valence-electron chi connectivity index (χ3n) is 10.7. The van der Waals surface area contributed by atoms with Gasteiger partial charge in [-0.2, -0.15) is 0 Å². The summed E-state index contributed by atoms with van der Waals surface area (Å²) >= 11 is 0. The van der Waals surface area contributed by atoms with Crippen LogP contribution in [0.25, 0.3) is 0 Å². The highest BCUT2D eigenvalue weighted by Gasteiger charge is 2.19. The van der Waals surface area contributed by atoms with Crippen LogP contribution in [0.15, 0.2) is 48.6 Å². The molecule has 0 heterocycles. The Morgan fingerprint density at radius 3 is 1.00 bits per heavy atom. The third-order valence-corrected chi connectivity index (χ3v) is 10.7. The summed E-state index contributed by atoms with van der Waals surface area (Å²) in [6.45, 7) is 6.57. The molecule has 0 aliphatic carbocycles. The maximum Gasteiger partial charge on any atom is 0.306 e. The molecular weight excluding hydrogens is 721 g/mol. The second-order valence-electron chi connectivity index (χ2n) is 16.5. The van der Waals surface area contributed by atoms with Crippen LogP contribution in [0.2, 0.25) is 0 Å². The summed E-state index contributed by atoms with van der Waals surface area (Å²) in [6, 6.07) is 0. The second kappa shape index (κ2) is 47.1. The number of unbranched alkanes of at least 4 members (excludes halogenated alkanes) is 28. The second-order valence-corrected chi connectivity index (χ2v) is 16.5. The van der Waals surface area contributed by atoms with Gasteiger partial charge in [0, 0.05) is 19.3 Å². The van der Waals surface area contributed by atoms with Gasteiger partial charge in [-0.05, 0) is 44.9 Å². The first-order valence-electron chi connectivity index (χ1n) is 24.7. The van der Waals surface area contributed by atoms with Crippen LogP contribution in [0.4, 0.5) is 0 Å². The Morgan fingerprint density at radius 2 is 0.621 bits per heavy atom. The van der Waals surface area contributed by atoms with Crippen molar-refractivity contribution in [1.29, 1.82) is 0 Å². The molecule has 336 valence electrons. The molecule has 0 saturated heterocycles. The van der Waals surface area contributed by atoms with Crippen LogP contribution < -0.4 is 0 Å². The number of hydrogen-bond acceptors (Lipinski definition) is 6. The fourth-order valence-corrected chi connectivity index (χ4v) is 6.92. The quantitative estimate of drug-likeness (QED) is 0.0264. The van der Waals surface area contributed by atoms with Gasteiger partial charge in [0.15, 0.2) is 6.10 Å². The summed E-state index contributed by atoms with van der Waals surface area (Å²) in [4.78, 5) is 37.8. The van der Waals surface area contributed by atoms with Gasteiger partial charge in [-0.1, -0.05) is 230 Å². The van der Waals surface area contributed by atoms with E-state index in [2.05, 4.69) is 69.4 Å². The monoisotopic (exact) mass is 813 g/mol. The summed E-state index contributed by atoms with van der Waals surface area (Å²) in [5, 5.41) is 0. The number of ether oxygens (including phenoxy) is 3. The van der Waals surface area contributed by atoms with Gasteiger partial charge in [0.05, 0.1) is 0 Å². The Balaban J connectivity index is 4.38. The lowest BCUT2D eigenvalue weighted by Gasteiger charge is -2.18. The fourth-order valence-electron chi connectivity index (χ4n) is 6.92. The number of allylic oxidation sites excluding steroid dienone is 8. The molecule has 58 heavy (non-hydrogen) atoms. The smallest absolute Gasteiger partial charge is 0.306 e. The van der Waals surface area contributed by atoms with Gasteiger partial charge in [0.2, 0.25) is 0 Å². The molecule has 0 radical (unpaired) electrons. The van der Waals surface area contributed by atoms with Crippen molar-refractivity contribution in [3.63, 3.8) is 0 Å². The predicted octanol–water partition coefficient (Wildman–Crippen LogP) is 15.9. The number of carbonyl (C=O) groups is 3. The van der Waals surface area contributed by atoms with Gasteiger partial charge in [-0.15, -0.1) is 0 Å². The minimum atomic E-state index is -0.776. The predicted molar refractivity (Wildman–Crippen MR) is 247 cm³/mol. The van der Waals surface area contributed by atoms with Gasteiger partial charge in [0.1, 0.15) is 13.2 Å².